The number of rotatable bonds is 4. The number of hydrogen-bond donors (Lipinski definition) is 2. The van der Waals surface area contributed by atoms with Gasteiger partial charge >= 0.3 is 0 Å². The van der Waals surface area contributed by atoms with Gasteiger partial charge in [0.1, 0.15) is 9.88 Å². The van der Waals surface area contributed by atoms with Crippen LogP contribution in [0.4, 0.5) is 0 Å². The molecule has 1 fully saturated rings. The van der Waals surface area contributed by atoms with Crippen LogP contribution in [0.1, 0.15) is 18.5 Å². The van der Waals surface area contributed by atoms with Crippen LogP contribution < -0.4 is 10.5 Å². The predicted molar refractivity (Wildman–Crippen MR) is 81.3 cm³/mol. The minimum absolute atomic E-state index is 0.0733. The Labute approximate surface area is 125 Å². The Hall–Kier alpha value is -0.900. The number of thiocarbonyl (C=S) groups is 1. The first-order valence-electron chi connectivity index (χ1n) is 6.01. The monoisotopic (exact) mass is 333 g/mol. The van der Waals surface area contributed by atoms with Gasteiger partial charge in [0, 0.05) is 34.5 Å². The Bertz CT molecular complexity index is 618. The summed E-state index contributed by atoms with van der Waals surface area (Å²) in [5, 5.41) is 0. The fourth-order valence-corrected chi connectivity index (χ4v) is 4.55. The molecule has 6 nitrogen and oxygen atoms in total. The number of nitrogens with two attached hydrogens (primary N) is 1. The lowest BCUT2D eigenvalue weighted by atomic mass is 10.2. The molecule has 0 unspecified atom stereocenters. The first-order valence-corrected chi connectivity index (χ1v) is 9.39. The summed E-state index contributed by atoms with van der Waals surface area (Å²) < 4.78 is 38.2. The van der Waals surface area contributed by atoms with Crippen molar-refractivity contribution >= 4 is 38.0 Å². The molecular formula is C11H15N3O3S3. The summed E-state index contributed by atoms with van der Waals surface area (Å²) in [7, 11) is -4.43. The van der Waals surface area contributed by atoms with Gasteiger partial charge in [0.2, 0.25) is 10.0 Å². The third-order valence-electron chi connectivity index (χ3n) is 3.01. The van der Waals surface area contributed by atoms with Gasteiger partial charge in [-0.3, -0.25) is 9.19 Å². The van der Waals surface area contributed by atoms with Crippen LogP contribution in [0.3, 0.4) is 0 Å². The van der Waals surface area contributed by atoms with Crippen molar-refractivity contribution in [3.8, 4) is 0 Å². The SMILES string of the molecule is NC(=S)c1ccc(S(=O)(=O)NC2CCS(=O)CC2)cn1. The summed E-state index contributed by atoms with van der Waals surface area (Å²) >= 11 is 4.76. The van der Waals surface area contributed by atoms with E-state index in [1.54, 1.807) is 0 Å². The van der Waals surface area contributed by atoms with Crippen LogP contribution >= 0.6 is 12.2 Å². The number of aromatic nitrogens is 1. The molecule has 0 radical (unpaired) electrons. The molecule has 1 aromatic rings. The number of nitrogens with one attached hydrogen (secondary N) is 1. The Morgan fingerprint density at radius 2 is 2.05 bits per heavy atom. The molecule has 0 amide bonds. The average molecular weight is 333 g/mol. The Balaban J connectivity index is 2.10. The third kappa shape index (κ3) is 3.81. The maximum Gasteiger partial charge on any atom is 0.242 e. The molecule has 1 aromatic heterocycles. The van der Waals surface area contributed by atoms with Crippen molar-refractivity contribution in [1.29, 1.82) is 0 Å². The largest absolute Gasteiger partial charge is 0.388 e. The quantitative estimate of drug-likeness (QED) is 0.746. The molecule has 0 spiro atoms. The molecular weight excluding hydrogens is 318 g/mol. The van der Waals surface area contributed by atoms with Crippen LogP contribution in [0.25, 0.3) is 0 Å². The smallest absolute Gasteiger partial charge is 0.242 e. The van der Waals surface area contributed by atoms with E-state index in [0.29, 0.717) is 30.0 Å². The molecule has 0 atom stereocenters. The summed E-state index contributed by atoms with van der Waals surface area (Å²) in [5.74, 6) is 1.07. The van der Waals surface area contributed by atoms with Crippen molar-refractivity contribution in [2.24, 2.45) is 5.73 Å². The first kappa shape index (κ1) is 15.5. The predicted octanol–water partition coefficient (Wildman–Crippen LogP) is -0.0948. The van der Waals surface area contributed by atoms with Crippen LogP contribution in [0.15, 0.2) is 23.2 Å². The van der Waals surface area contributed by atoms with Gasteiger partial charge < -0.3 is 5.73 Å². The van der Waals surface area contributed by atoms with Crippen molar-refractivity contribution in [2.45, 2.75) is 23.8 Å². The summed E-state index contributed by atoms with van der Waals surface area (Å²) in [6.45, 7) is 0. The molecule has 3 N–H and O–H groups in total. The number of nitrogens with zero attached hydrogens (tertiary/aromatic N) is 1. The van der Waals surface area contributed by atoms with Gasteiger partial charge in [0.05, 0.1) is 5.69 Å². The Kier molecular flexibility index (Phi) is 4.84. The highest BCUT2D eigenvalue weighted by Gasteiger charge is 2.24. The molecule has 0 aliphatic carbocycles. The molecule has 20 heavy (non-hydrogen) atoms. The summed E-state index contributed by atoms with van der Waals surface area (Å²) in [4.78, 5) is 4.11. The van der Waals surface area contributed by atoms with Crippen molar-refractivity contribution in [3.05, 3.63) is 24.0 Å². The second kappa shape index (κ2) is 6.25. The average Bonchev–Trinajstić information content (AvgIpc) is 2.41. The van der Waals surface area contributed by atoms with E-state index in [0.717, 1.165) is 0 Å². The Morgan fingerprint density at radius 1 is 1.40 bits per heavy atom. The van der Waals surface area contributed by atoms with E-state index in [2.05, 4.69) is 9.71 Å². The number of pyridine rings is 1. The minimum atomic E-state index is -3.62. The molecule has 0 aromatic carbocycles. The molecule has 2 heterocycles. The molecule has 1 aliphatic heterocycles. The highest BCUT2D eigenvalue weighted by molar-refractivity contribution is 7.89. The number of sulfonamides is 1. The fourth-order valence-electron chi connectivity index (χ4n) is 1.88. The van der Waals surface area contributed by atoms with Gasteiger partial charge in [-0.05, 0) is 25.0 Å². The highest BCUT2D eigenvalue weighted by atomic mass is 32.2. The standard InChI is InChI=1S/C11H15N3O3S3/c12-11(18)10-2-1-9(7-13-10)20(16,17)14-8-3-5-19(15)6-4-8/h1-2,7-8,14H,3-6H2,(H2,12,18). The van der Waals surface area contributed by atoms with Gasteiger partial charge in [0.15, 0.2) is 0 Å². The van der Waals surface area contributed by atoms with E-state index < -0.39 is 20.8 Å². The molecule has 2 rings (SSSR count). The third-order valence-corrected chi connectivity index (χ3v) is 6.11. The van der Waals surface area contributed by atoms with E-state index >= 15 is 0 Å². The van der Waals surface area contributed by atoms with Gasteiger partial charge in [-0.15, -0.1) is 0 Å². The molecule has 0 saturated carbocycles. The second-order valence-electron chi connectivity index (χ2n) is 4.49. The maximum absolute atomic E-state index is 12.2. The van der Waals surface area contributed by atoms with Crippen LogP contribution in [0.2, 0.25) is 0 Å². The van der Waals surface area contributed by atoms with E-state index in [9.17, 15) is 12.6 Å². The van der Waals surface area contributed by atoms with Crippen LogP contribution in [-0.2, 0) is 20.8 Å². The van der Waals surface area contributed by atoms with Gasteiger partial charge in [-0.1, -0.05) is 12.2 Å². The van der Waals surface area contributed by atoms with Crippen LogP contribution in [0, 0.1) is 0 Å². The van der Waals surface area contributed by atoms with Gasteiger partial charge in [-0.25, -0.2) is 13.1 Å². The van der Waals surface area contributed by atoms with Crippen molar-refractivity contribution < 1.29 is 12.6 Å². The van der Waals surface area contributed by atoms with E-state index in [-0.39, 0.29) is 15.9 Å². The first-order chi connectivity index (χ1) is 9.38. The lowest BCUT2D eigenvalue weighted by molar-refractivity contribution is 0.521. The molecule has 9 heteroatoms. The normalized spacial score (nSPS) is 23.4. The zero-order chi connectivity index (χ0) is 14.8. The molecule has 1 aliphatic rings. The van der Waals surface area contributed by atoms with Crippen molar-refractivity contribution in [2.75, 3.05) is 11.5 Å². The van der Waals surface area contributed by atoms with Crippen molar-refractivity contribution in [3.63, 3.8) is 0 Å². The lowest BCUT2D eigenvalue weighted by Crippen LogP contribution is -2.39. The van der Waals surface area contributed by atoms with Gasteiger partial charge in [-0.2, -0.15) is 0 Å². The molecule has 110 valence electrons. The fraction of sp³-hybridized carbons (Fsp3) is 0.455. The van der Waals surface area contributed by atoms with Crippen molar-refractivity contribution in [1.82, 2.24) is 9.71 Å². The zero-order valence-corrected chi connectivity index (χ0v) is 13.1. The minimum Gasteiger partial charge on any atom is -0.388 e. The van der Waals surface area contributed by atoms with Crippen LogP contribution in [0.5, 0.6) is 0 Å². The second-order valence-corrected chi connectivity index (χ2v) is 8.34. The maximum atomic E-state index is 12.2. The number of hydrogen-bond acceptors (Lipinski definition) is 5. The highest BCUT2D eigenvalue weighted by Crippen LogP contribution is 2.14. The topological polar surface area (TPSA) is 102 Å². The summed E-state index contributed by atoms with van der Waals surface area (Å²) in [5.41, 5.74) is 5.79. The summed E-state index contributed by atoms with van der Waals surface area (Å²) in [6, 6.07) is 2.73. The van der Waals surface area contributed by atoms with E-state index in [1.807, 2.05) is 0 Å². The van der Waals surface area contributed by atoms with E-state index in [1.165, 1.54) is 18.3 Å². The zero-order valence-electron chi connectivity index (χ0n) is 10.6. The van der Waals surface area contributed by atoms with E-state index in [4.69, 9.17) is 18.0 Å². The van der Waals surface area contributed by atoms with Crippen LogP contribution in [-0.4, -0.2) is 40.1 Å². The van der Waals surface area contributed by atoms with Gasteiger partial charge in [0.25, 0.3) is 0 Å². The molecule has 0 bridgehead atoms. The summed E-state index contributed by atoms with van der Waals surface area (Å²) in [6.07, 6.45) is 2.41. The molecule has 1 saturated heterocycles. The Morgan fingerprint density at radius 3 is 2.55 bits per heavy atom. The lowest BCUT2D eigenvalue weighted by Gasteiger charge is -2.22.